The standard InChI is InChI=1S/C12H18O3/c1-8-4-5-11(9(2)7-13)6-12(8)15-10(3)14/h11,13H,2,4-7H2,1,3H3/t11-/m0/s1. The third kappa shape index (κ3) is 3.20. The van der Waals surface area contributed by atoms with E-state index in [-0.39, 0.29) is 18.5 Å². The molecule has 0 saturated heterocycles. The van der Waals surface area contributed by atoms with Crippen molar-refractivity contribution in [1.29, 1.82) is 0 Å². The Morgan fingerprint density at radius 2 is 2.33 bits per heavy atom. The smallest absolute Gasteiger partial charge is 0.307 e. The van der Waals surface area contributed by atoms with Crippen molar-refractivity contribution in [3.63, 3.8) is 0 Å². The summed E-state index contributed by atoms with van der Waals surface area (Å²) in [7, 11) is 0. The SMILES string of the molecule is C=C(CO)[C@H]1CCC(C)=C(OC(C)=O)C1. The molecule has 0 radical (unpaired) electrons. The molecular weight excluding hydrogens is 192 g/mol. The minimum Gasteiger partial charge on any atom is -0.431 e. The lowest BCUT2D eigenvalue weighted by Gasteiger charge is -2.25. The molecular formula is C12H18O3. The lowest BCUT2D eigenvalue weighted by molar-refractivity contribution is -0.137. The van der Waals surface area contributed by atoms with Gasteiger partial charge in [-0.2, -0.15) is 0 Å². The minimum absolute atomic E-state index is 0.0110. The van der Waals surface area contributed by atoms with Gasteiger partial charge in [0, 0.05) is 13.3 Å². The number of carbonyl (C=O) groups is 1. The summed E-state index contributed by atoms with van der Waals surface area (Å²) in [5.74, 6) is 0.723. The molecule has 0 aliphatic heterocycles. The molecule has 0 heterocycles. The van der Waals surface area contributed by atoms with Crippen LogP contribution in [-0.4, -0.2) is 17.7 Å². The highest BCUT2D eigenvalue weighted by Gasteiger charge is 2.22. The van der Waals surface area contributed by atoms with Gasteiger partial charge >= 0.3 is 5.97 Å². The Morgan fingerprint density at radius 1 is 1.67 bits per heavy atom. The van der Waals surface area contributed by atoms with Gasteiger partial charge in [-0.15, -0.1) is 0 Å². The largest absolute Gasteiger partial charge is 0.431 e. The molecule has 1 N–H and O–H groups in total. The van der Waals surface area contributed by atoms with Gasteiger partial charge in [0.2, 0.25) is 0 Å². The topological polar surface area (TPSA) is 46.5 Å². The van der Waals surface area contributed by atoms with E-state index in [1.54, 1.807) is 0 Å². The molecule has 0 fully saturated rings. The summed E-state index contributed by atoms with van der Waals surface area (Å²) in [6.07, 6.45) is 2.58. The molecule has 0 saturated carbocycles. The van der Waals surface area contributed by atoms with Crippen LogP contribution >= 0.6 is 0 Å². The first kappa shape index (κ1) is 12.0. The minimum atomic E-state index is -0.278. The molecule has 1 aliphatic rings. The molecule has 84 valence electrons. The average molecular weight is 210 g/mol. The summed E-state index contributed by atoms with van der Waals surface area (Å²) in [6.45, 7) is 7.22. The van der Waals surface area contributed by atoms with Crippen molar-refractivity contribution in [2.24, 2.45) is 5.92 Å². The van der Waals surface area contributed by atoms with E-state index in [1.165, 1.54) is 6.92 Å². The molecule has 0 unspecified atom stereocenters. The van der Waals surface area contributed by atoms with Gasteiger partial charge in [0.1, 0.15) is 5.76 Å². The predicted octanol–water partition coefficient (Wildman–Crippen LogP) is 2.17. The van der Waals surface area contributed by atoms with Crippen molar-refractivity contribution in [2.75, 3.05) is 6.61 Å². The molecule has 1 rings (SSSR count). The van der Waals surface area contributed by atoms with Gasteiger partial charge < -0.3 is 9.84 Å². The van der Waals surface area contributed by atoms with Crippen LogP contribution in [0.25, 0.3) is 0 Å². The Kier molecular flexibility index (Phi) is 4.09. The molecule has 0 amide bonds. The van der Waals surface area contributed by atoms with E-state index in [2.05, 4.69) is 6.58 Å². The normalized spacial score (nSPS) is 21.4. The fourth-order valence-corrected chi connectivity index (χ4v) is 1.81. The Balaban J connectivity index is 2.69. The Morgan fingerprint density at radius 3 is 2.87 bits per heavy atom. The quantitative estimate of drug-likeness (QED) is 0.573. The summed E-state index contributed by atoms with van der Waals surface area (Å²) < 4.78 is 5.15. The highest BCUT2D eigenvalue weighted by Crippen LogP contribution is 2.33. The van der Waals surface area contributed by atoms with Crippen LogP contribution in [0, 0.1) is 5.92 Å². The van der Waals surface area contributed by atoms with Gasteiger partial charge in [0.25, 0.3) is 0 Å². The second-order valence-corrected chi connectivity index (χ2v) is 4.05. The third-order valence-corrected chi connectivity index (χ3v) is 2.82. The van der Waals surface area contributed by atoms with Crippen LogP contribution in [0.2, 0.25) is 0 Å². The number of allylic oxidation sites excluding steroid dienone is 2. The molecule has 0 aromatic rings. The lowest BCUT2D eigenvalue weighted by Crippen LogP contribution is -2.16. The van der Waals surface area contributed by atoms with Crippen LogP contribution in [-0.2, 0) is 9.53 Å². The zero-order chi connectivity index (χ0) is 11.4. The van der Waals surface area contributed by atoms with Gasteiger partial charge in [-0.3, -0.25) is 4.79 Å². The van der Waals surface area contributed by atoms with Gasteiger partial charge in [0.05, 0.1) is 6.61 Å². The summed E-state index contributed by atoms with van der Waals surface area (Å²) in [4.78, 5) is 10.9. The highest BCUT2D eigenvalue weighted by atomic mass is 16.5. The maximum Gasteiger partial charge on any atom is 0.307 e. The summed E-state index contributed by atoms with van der Waals surface area (Å²) in [5.41, 5.74) is 1.96. The second-order valence-electron chi connectivity index (χ2n) is 4.05. The summed E-state index contributed by atoms with van der Waals surface area (Å²) >= 11 is 0. The first-order valence-corrected chi connectivity index (χ1v) is 5.20. The number of hydrogen-bond acceptors (Lipinski definition) is 3. The van der Waals surface area contributed by atoms with Crippen molar-refractivity contribution in [3.05, 3.63) is 23.5 Å². The van der Waals surface area contributed by atoms with Gasteiger partial charge in [-0.25, -0.2) is 0 Å². The Labute approximate surface area is 90.4 Å². The van der Waals surface area contributed by atoms with Crippen molar-refractivity contribution < 1.29 is 14.6 Å². The van der Waals surface area contributed by atoms with Gasteiger partial charge in [0.15, 0.2) is 0 Å². The van der Waals surface area contributed by atoms with E-state index in [9.17, 15) is 4.79 Å². The number of esters is 1. The Hall–Kier alpha value is -1.09. The van der Waals surface area contributed by atoms with Crippen LogP contribution in [0.3, 0.4) is 0 Å². The van der Waals surface area contributed by atoms with E-state index in [4.69, 9.17) is 9.84 Å². The molecule has 15 heavy (non-hydrogen) atoms. The molecule has 3 nitrogen and oxygen atoms in total. The number of ether oxygens (including phenoxy) is 1. The Bertz CT molecular complexity index is 302. The number of rotatable bonds is 3. The van der Waals surface area contributed by atoms with Crippen molar-refractivity contribution >= 4 is 5.97 Å². The molecule has 0 spiro atoms. The zero-order valence-electron chi connectivity index (χ0n) is 9.38. The summed E-state index contributed by atoms with van der Waals surface area (Å²) in [5, 5.41) is 9.00. The number of carbonyl (C=O) groups excluding carboxylic acids is 1. The second kappa shape index (κ2) is 5.12. The van der Waals surface area contributed by atoms with Crippen LogP contribution in [0.4, 0.5) is 0 Å². The monoisotopic (exact) mass is 210 g/mol. The molecule has 1 atom stereocenters. The average Bonchev–Trinajstić information content (AvgIpc) is 2.19. The molecule has 0 aromatic heterocycles. The van der Waals surface area contributed by atoms with Gasteiger partial charge in [-0.05, 0) is 36.8 Å². The molecule has 1 aliphatic carbocycles. The van der Waals surface area contributed by atoms with Crippen LogP contribution < -0.4 is 0 Å². The highest BCUT2D eigenvalue weighted by molar-refractivity contribution is 5.67. The molecule has 3 heteroatoms. The first-order valence-electron chi connectivity index (χ1n) is 5.20. The lowest BCUT2D eigenvalue weighted by atomic mass is 9.84. The molecule has 0 bridgehead atoms. The zero-order valence-corrected chi connectivity index (χ0v) is 9.38. The third-order valence-electron chi connectivity index (χ3n) is 2.82. The fraction of sp³-hybridized carbons (Fsp3) is 0.583. The van der Waals surface area contributed by atoms with Crippen molar-refractivity contribution in [2.45, 2.75) is 33.1 Å². The van der Waals surface area contributed by atoms with Crippen LogP contribution in [0.5, 0.6) is 0 Å². The number of aliphatic hydroxyl groups excluding tert-OH is 1. The van der Waals surface area contributed by atoms with E-state index >= 15 is 0 Å². The van der Waals surface area contributed by atoms with E-state index in [0.717, 1.165) is 29.7 Å². The maximum atomic E-state index is 10.9. The van der Waals surface area contributed by atoms with E-state index in [1.807, 2.05) is 6.92 Å². The van der Waals surface area contributed by atoms with Crippen LogP contribution in [0.1, 0.15) is 33.1 Å². The van der Waals surface area contributed by atoms with Gasteiger partial charge in [-0.1, -0.05) is 6.58 Å². The predicted molar refractivity (Wildman–Crippen MR) is 58.0 cm³/mol. The number of aliphatic hydroxyl groups is 1. The van der Waals surface area contributed by atoms with E-state index < -0.39 is 0 Å². The summed E-state index contributed by atoms with van der Waals surface area (Å²) in [6, 6.07) is 0. The van der Waals surface area contributed by atoms with Crippen LogP contribution in [0.15, 0.2) is 23.5 Å². The fourth-order valence-electron chi connectivity index (χ4n) is 1.81. The first-order chi connectivity index (χ1) is 7.04. The van der Waals surface area contributed by atoms with E-state index in [0.29, 0.717) is 6.42 Å². The van der Waals surface area contributed by atoms with Crippen molar-refractivity contribution in [1.82, 2.24) is 0 Å². The molecule has 0 aromatic carbocycles. The maximum absolute atomic E-state index is 10.9. The number of hydrogen-bond donors (Lipinski definition) is 1. The van der Waals surface area contributed by atoms with Crippen molar-refractivity contribution in [3.8, 4) is 0 Å².